The molecule has 1 aliphatic rings. The third-order valence-corrected chi connectivity index (χ3v) is 3.73. The van der Waals surface area contributed by atoms with E-state index in [4.69, 9.17) is 4.74 Å². The smallest absolute Gasteiger partial charge is 0.339 e. The number of hydrogen-bond donors (Lipinski definition) is 1. The minimum Gasteiger partial charge on any atom is -0.508 e. The van der Waals surface area contributed by atoms with E-state index in [1.54, 1.807) is 24.3 Å². The van der Waals surface area contributed by atoms with Crippen molar-refractivity contribution < 1.29 is 14.6 Å². The molecule has 0 fully saturated rings. The molecule has 0 radical (unpaired) electrons. The van der Waals surface area contributed by atoms with Crippen LogP contribution >= 0.6 is 15.9 Å². The van der Waals surface area contributed by atoms with Crippen molar-refractivity contribution in [1.29, 1.82) is 0 Å². The molecule has 3 rings (SSSR count). The van der Waals surface area contributed by atoms with Crippen LogP contribution in [0.15, 0.2) is 53.0 Å². The quantitative estimate of drug-likeness (QED) is 0.855. The Hall–Kier alpha value is -2.07. The lowest BCUT2D eigenvalue weighted by Gasteiger charge is -2.05. The summed E-state index contributed by atoms with van der Waals surface area (Å²) in [4.78, 5) is 12.0. The van der Waals surface area contributed by atoms with Crippen LogP contribution in [0.1, 0.15) is 11.1 Å². The van der Waals surface area contributed by atoms with Crippen LogP contribution in [0.3, 0.4) is 0 Å². The average molecular weight is 331 g/mol. The van der Waals surface area contributed by atoms with E-state index < -0.39 is 0 Å². The summed E-state index contributed by atoms with van der Waals surface area (Å²) in [5.74, 6) is -0.111. The van der Waals surface area contributed by atoms with Crippen molar-refractivity contribution in [2.24, 2.45) is 0 Å². The average Bonchev–Trinajstić information content (AvgIpc) is 2.83. The largest absolute Gasteiger partial charge is 0.508 e. The minimum absolute atomic E-state index is 0.199. The summed E-state index contributed by atoms with van der Waals surface area (Å²) in [7, 11) is 0. The van der Waals surface area contributed by atoms with E-state index in [0.717, 1.165) is 21.2 Å². The lowest BCUT2D eigenvalue weighted by molar-refractivity contribution is -0.133. The Morgan fingerprint density at radius 3 is 2.20 bits per heavy atom. The molecule has 0 spiro atoms. The molecular weight excluding hydrogens is 320 g/mol. The van der Waals surface area contributed by atoms with Crippen LogP contribution in [0.2, 0.25) is 0 Å². The molecule has 0 amide bonds. The van der Waals surface area contributed by atoms with Gasteiger partial charge in [-0.15, -0.1) is 0 Å². The summed E-state index contributed by atoms with van der Waals surface area (Å²) in [6, 6.07) is 14.3. The number of halogens is 1. The Labute approximate surface area is 124 Å². The van der Waals surface area contributed by atoms with E-state index in [1.165, 1.54) is 0 Å². The second-order valence-corrected chi connectivity index (χ2v) is 5.40. The van der Waals surface area contributed by atoms with Crippen LogP contribution in [0.5, 0.6) is 5.75 Å². The Kier molecular flexibility index (Phi) is 3.32. The van der Waals surface area contributed by atoms with Crippen LogP contribution in [0, 0.1) is 0 Å². The zero-order valence-electron chi connectivity index (χ0n) is 10.5. The zero-order chi connectivity index (χ0) is 14.1. The first-order valence-electron chi connectivity index (χ1n) is 6.11. The van der Waals surface area contributed by atoms with Crippen molar-refractivity contribution in [3.63, 3.8) is 0 Å². The molecule has 1 heterocycles. The number of carbonyl (C=O) groups is 1. The Morgan fingerprint density at radius 1 is 0.950 bits per heavy atom. The van der Waals surface area contributed by atoms with E-state index >= 15 is 0 Å². The molecule has 1 N–H and O–H groups in total. The number of cyclic esters (lactones) is 1. The van der Waals surface area contributed by atoms with Crippen LogP contribution < -0.4 is 0 Å². The molecule has 0 aromatic heterocycles. The predicted molar refractivity (Wildman–Crippen MR) is 80.0 cm³/mol. The molecule has 0 aliphatic carbocycles. The van der Waals surface area contributed by atoms with E-state index in [1.807, 2.05) is 24.3 Å². The Morgan fingerprint density at radius 2 is 1.55 bits per heavy atom. The van der Waals surface area contributed by atoms with Gasteiger partial charge in [-0.05, 0) is 35.4 Å². The maximum Gasteiger partial charge on any atom is 0.339 e. The molecule has 0 bridgehead atoms. The molecule has 20 heavy (non-hydrogen) atoms. The third-order valence-electron chi connectivity index (χ3n) is 3.20. The number of rotatable bonds is 2. The molecule has 3 nitrogen and oxygen atoms in total. The summed E-state index contributed by atoms with van der Waals surface area (Å²) in [6.07, 6.45) is 0. The number of aromatic hydroxyl groups is 1. The number of phenolic OH excluding ortho intramolecular Hbond substituents is 1. The highest BCUT2D eigenvalue weighted by Crippen LogP contribution is 2.33. The molecule has 1 aliphatic heterocycles. The lowest BCUT2D eigenvalue weighted by atomic mass is 9.97. The summed E-state index contributed by atoms with van der Waals surface area (Å²) in [5, 5.41) is 9.35. The highest BCUT2D eigenvalue weighted by atomic mass is 79.9. The van der Waals surface area contributed by atoms with E-state index in [2.05, 4.69) is 15.9 Å². The third kappa shape index (κ3) is 2.34. The van der Waals surface area contributed by atoms with Gasteiger partial charge in [-0.1, -0.05) is 40.2 Å². The molecule has 0 atom stereocenters. The highest BCUT2D eigenvalue weighted by Gasteiger charge is 2.27. The van der Waals surface area contributed by atoms with Crippen molar-refractivity contribution in [3.8, 4) is 5.75 Å². The van der Waals surface area contributed by atoms with Gasteiger partial charge in [0.05, 0.1) is 5.57 Å². The first kappa shape index (κ1) is 12.9. The number of benzene rings is 2. The monoisotopic (exact) mass is 330 g/mol. The van der Waals surface area contributed by atoms with E-state index in [0.29, 0.717) is 5.57 Å². The number of phenols is 1. The lowest BCUT2D eigenvalue weighted by Crippen LogP contribution is -1.98. The van der Waals surface area contributed by atoms with Crippen LogP contribution in [-0.2, 0) is 9.53 Å². The van der Waals surface area contributed by atoms with Crippen molar-refractivity contribution in [2.75, 3.05) is 6.61 Å². The first-order chi connectivity index (χ1) is 9.65. The van der Waals surface area contributed by atoms with Gasteiger partial charge in [-0.25, -0.2) is 4.79 Å². The van der Waals surface area contributed by atoms with Crippen molar-refractivity contribution in [3.05, 3.63) is 64.1 Å². The number of ether oxygens (including phenoxy) is 1. The van der Waals surface area contributed by atoms with Gasteiger partial charge in [0.2, 0.25) is 0 Å². The molecule has 100 valence electrons. The fourth-order valence-electron chi connectivity index (χ4n) is 2.20. The van der Waals surface area contributed by atoms with Crippen LogP contribution in [0.4, 0.5) is 0 Å². The topological polar surface area (TPSA) is 46.5 Å². The number of esters is 1. The molecule has 0 unspecified atom stereocenters. The summed E-state index contributed by atoms with van der Waals surface area (Å²) >= 11 is 3.38. The molecule has 4 heteroatoms. The number of carbonyl (C=O) groups excluding carboxylic acids is 1. The summed E-state index contributed by atoms with van der Waals surface area (Å²) in [6.45, 7) is 0.259. The van der Waals surface area contributed by atoms with Gasteiger partial charge in [0.15, 0.2) is 0 Å². The fourth-order valence-corrected chi connectivity index (χ4v) is 2.47. The van der Waals surface area contributed by atoms with Gasteiger partial charge in [0.25, 0.3) is 0 Å². The van der Waals surface area contributed by atoms with E-state index in [9.17, 15) is 9.90 Å². The molecule has 2 aromatic rings. The van der Waals surface area contributed by atoms with E-state index in [-0.39, 0.29) is 18.3 Å². The standard InChI is InChI=1S/C16H11BrO3/c17-12-5-1-11(2-6-12)15-14(9-20-16(15)19)10-3-7-13(18)8-4-10/h1-8,18H,9H2. The second kappa shape index (κ2) is 5.13. The highest BCUT2D eigenvalue weighted by molar-refractivity contribution is 9.10. The van der Waals surface area contributed by atoms with Crippen molar-refractivity contribution in [1.82, 2.24) is 0 Å². The zero-order valence-corrected chi connectivity index (χ0v) is 12.1. The van der Waals surface area contributed by atoms with Crippen LogP contribution in [0.25, 0.3) is 11.1 Å². The molecular formula is C16H11BrO3. The van der Waals surface area contributed by atoms with Crippen LogP contribution in [-0.4, -0.2) is 17.7 Å². The SMILES string of the molecule is O=C1OCC(c2ccc(O)cc2)=C1c1ccc(Br)cc1. The second-order valence-electron chi connectivity index (χ2n) is 4.48. The minimum atomic E-state index is -0.310. The maximum absolute atomic E-state index is 12.0. The maximum atomic E-state index is 12.0. The van der Waals surface area contributed by atoms with Crippen molar-refractivity contribution in [2.45, 2.75) is 0 Å². The van der Waals surface area contributed by atoms with Gasteiger partial charge in [-0.2, -0.15) is 0 Å². The van der Waals surface area contributed by atoms with Gasteiger partial charge in [-0.3, -0.25) is 0 Å². The fraction of sp³-hybridized carbons (Fsp3) is 0.0625. The van der Waals surface area contributed by atoms with Crippen molar-refractivity contribution >= 4 is 33.0 Å². The Balaban J connectivity index is 2.12. The van der Waals surface area contributed by atoms with Gasteiger partial charge in [0.1, 0.15) is 12.4 Å². The van der Waals surface area contributed by atoms with Gasteiger partial charge >= 0.3 is 5.97 Å². The first-order valence-corrected chi connectivity index (χ1v) is 6.90. The van der Waals surface area contributed by atoms with Gasteiger partial charge < -0.3 is 9.84 Å². The molecule has 0 saturated heterocycles. The van der Waals surface area contributed by atoms with Gasteiger partial charge in [0, 0.05) is 10.0 Å². The number of hydrogen-bond acceptors (Lipinski definition) is 3. The molecule has 0 saturated carbocycles. The molecule has 2 aromatic carbocycles. The summed E-state index contributed by atoms with van der Waals surface area (Å²) < 4.78 is 6.12. The summed E-state index contributed by atoms with van der Waals surface area (Å²) in [5.41, 5.74) is 3.14. The Bertz CT molecular complexity index is 685. The predicted octanol–water partition coefficient (Wildman–Crippen LogP) is 3.62. The normalized spacial score (nSPS) is 14.6.